The molecule has 0 aliphatic carbocycles. The number of halogens is 2. The van der Waals surface area contributed by atoms with E-state index in [1.165, 1.54) is 18.5 Å². The number of hydrogen-bond acceptors (Lipinski definition) is 5. The summed E-state index contributed by atoms with van der Waals surface area (Å²) < 4.78 is 38.1. The van der Waals surface area contributed by atoms with Gasteiger partial charge in [-0.1, -0.05) is 6.07 Å². The van der Waals surface area contributed by atoms with E-state index in [9.17, 15) is 13.6 Å². The average Bonchev–Trinajstić information content (AvgIpc) is 3.09. The second kappa shape index (κ2) is 6.64. The van der Waals surface area contributed by atoms with Crippen molar-refractivity contribution in [2.75, 3.05) is 12.1 Å². The standard InChI is InChI=1S/C19H13F2N3O3/c1-10-5-15-16(27-9-26-15)6-11(10)14-7-23-17(8-22-14)24-19(25)18-12(20)3-2-4-13(18)21/h2-8H,9H2,1H3,(H,23,24,25). The molecule has 0 radical (unpaired) electrons. The fraction of sp³-hybridized carbons (Fsp3) is 0.105. The summed E-state index contributed by atoms with van der Waals surface area (Å²) in [5, 5.41) is 2.34. The number of amides is 1. The Hall–Kier alpha value is -3.55. The number of benzene rings is 2. The average molecular weight is 369 g/mol. The molecule has 0 bridgehead atoms. The minimum Gasteiger partial charge on any atom is -0.454 e. The van der Waals surface area contributed by atoms with E-state index in [-0.39, 0.29) is 12.6 Å². The third-order valence-electron chi connectivity index (χ3n) is 4.08. The fourth-order valence-corrected chi connectivity index (χ4v) is 2.74. The number of hydrogen-bond donors (Lipinski definition) is 1. The zero-order chi connectivity index (χ0) is 19.0. The minimum atomic E-state index is -0.951. The van der Waals surface area contributed by atoms with E-state index in [1.54, 1.807) is 6.07 Å². The summed E-state index contributed by atoms with van der Waals surface area (Å²) in [5.41, 5.74) is 1.60. The molecule has 3 aromatic rings. The molecule has 27 heavy (non-hydrogen) atoms. The van der Waals surface area contributed by atoms with Crippen molar-refractivity contribution in [2.45, 2.75) is 6.92 Å². The Kier molecular flexibility index (Phi) is 4.15. The molecule has 0 atom stereocenters. The first-order chi connectivity index (χ1) is 13.0. The van der Waals surface area contributed by atoms with Crippen molar-refractivity contribution in [3.63, 3.8) is 0 Å². The lowest BCUT2D eigenvalue weighted by atomic mass is 10.1. The SMILES string of the molecule is Cc1cc2c(cc1-c1cnc(NC(=O)c3c(F)cccc3F)cn1)OCO2. The van der Waals surface area contributed by atoms with Crippen molar-refractivity contribution in [3.8, 4) is 22.8 Å². The van der Waals surface area contributed by atoms with Crippen molar-refractivity contribution in [3.05, 3.63) is 65.5 Å². The van der Waals surface area contributed by atoms with Crippen LogP contribution in [0.3, 0.4) is 0 Å². The normalized spacial score (nSPS) is 12.1. The smallest absolute Gasteiger partial charge is 0.262 e. The number of carbonyl (C=O) groups excluding carboxylic acids is 1. The third-order valence-corrected chi connectivity index (χ3v) is 4.08. The van der Waals surface area contributed by atoms with Crippen LogP contribution in [0.25, 0.3) is 11.3 Å². The number of nitrogens with zero attached hydrogens (tertiary/aromatic N) is 2. The molecule has 1 aromatic heterocycles. The van der Waals surface area contributed by atoms with Crippen LogP contribution in [0.5, 0.6) is 11.5 Å². The molecule has 2 heterocycles. The second-order valence-corrected chi connectivity index (χ2v) is 5.86. The number of carbonyl (C=O) groups is 1. The number of aryl methyl sites for hydroxylation is 1. The predicted octanol–water partition coefficient (Wildman–Crippen LogP) is 3.71. The molecule has 6 nitrogen and oxygen atoms in total. The van der Waals surface area contributed by atoms with Crippen LogP contribution >= 0.6 is 0 Å². The van der Waals surface area contributed by atoms with Crippen molar-refractivity contribution < 1.29 is 23.0 Å². The number of aromatic nitrogens is 2. The van der Waals surface area contributed by atoms with Crippen LogP contribution in [0.1, 0.15) is 15.9 Å². The van der Waals surface area contributed by atoms with Crippen LogP contribution < -0.4 is 14.8 Å². The summed E-state index contributed by atoms with van der Waals surface area (Å²) in [5.74, 6) is -1.48. The zero-order valence-corrected chi connectivity index (χ0v) is 14.1. The highest BCUT2D eigenvalue weighted by atomic mass is 19.1. The van der Waals surface area contributed by atoms with Gasteiger partial charge >= 0.3 is 0 Å². The van der Waals surface area contributed by atoms with Gasteiger partial charge in [0, 0.05) is 5.56 Å². The monoisotopic (exact) mass is 369 g/mol. The maximum atomic E-state index is 13.7. The van der Waals surface area contributed by atoms with Gasteiger partial charge in [0.25, 0.3) is 5.91 Å². The van der Waals surface area contributed by atoms with Gasteiger partial charge in [-0.2, -0.15) is 0 Å². The molecule has 4 rings (SSSR count). The van der Waals surface area contributed by atoms with Crippen LogP contribution in [0.15, 0.2) is 42.7 Å². The first-order valence-electron chi connectivity index (χ1n) is 8.01. The highest BCUT2D eigenvalue weighted by molar-refractivity contribution is 6.04. The summed E-state index contributed by atoms with van der Waals surface area (Å²) >= 11 is 0. The van der Waals surface area contributed by atoms with E-state index in [1.807, 2.05) is 13.0 Å². The zero-order valence-electron chi connectivity index (χ0n) is 14.1. The Morgan fingerprint density at radius 1 is 1.07 bits per heavy atom. The maximum absolute atomic E-state index is 13.7. The van der Waals surface area contributed by atoms with E-state index in [2.05, 4.69) is 15.3 Å². The summed E-state index contributed by atoms with van der Waals surface area (Å²) in [6.45, 7) is 2.07. The lowest BCUT2D eigenvalue weighted by Gasteiger charge is -2.09. The van der Waals surface area contributed by atoms with Crippen LogP contribution in [0.2, 0.25) is 0 Å². The Balaban J connectivity index is 1.57. The molecule has 1 N–H and O–H groups in total. The van der Waals surface area contributed by atoms with E-state index in [4.69, 9.17) is 9.47 Å². The number of anilines is 1. The van der Waals surface area contributed by atoms with E-state index >= 15 is 0 Å². The Morgan fingerprint density at radius 2 is 1.78 bits per heavy atom. The van der Waals surface area contributed by atoms with E-state index in [0.29, 0.717) is 17.2 Å². The Bertz CT molecular complexity index is 1020. The molecule has 1 aliphatic rings. The van der Waals surface area contributed by atoms with E-state index < -0.39 is 23.1 Å². The van der Waals surface area contributed by atoms with Crippen molar-refractivity contribution in [2.24, 2.45) is 0 Å². The van der Waals surface area contributed by atoms with Crippen LogP contribution in [0.4, 0.5) is 14.6 Å². The minimum absolute atomic E-state index is 0.0739. The van der Waals surface area contributed by atoms with Gasteiger partial charge in [-0.05, 0) is 36.8 Å². The Labute approximate surface area is 152 Å². The van der Waals surface area contributed by atoms with Gasteiger partial charge in [0.15, 0.2) is 17.3 Å². The molecule has 0 spiro atoms. The number of ether oxygens (including phenoxy) is 2. The van der Waals surface area contributed by atoms with Gasteiger partial charge in [0.1, 0.15) is 17.2 Å². The molecule has 2 aromatic carbocycles. The quantitative estimate of drug-likeness (QED) is 0.762. The highest BCUT2D eigenvalue weighted by Gasteiger charge is 2.19. The van der Waals surface area contributed by atoms with Gasteiger partial charge in [-0.15, -0.1) is 0 Å². The van der Waals surface area contributed by atoms with Gasteiger partial charge in [0.05, 0.1) is 18.1 Å². The first kappa shape index (κ1) is 16.9. The molecule has 136 valence electrons. The van der Waals surface area contributed by atoms with Crippen LogP contribution in [0, 0.1) is 18.6 Å². The molecule has 0 fully saturated rings. The van der Waals surface area contributed by atoms with Crippen molar-refractivity contribution >= 4 is 11.7 Å². The largest absolute Gasteiger partial charge is 0.454 e. The van der Waals surface area contributed by atoms with Gasteiger partial charge < -0.3 is 14.8 Å². The lowest BCUT2D eigenvalue weighted by molar-refractivity contribution is 0.101. The van der Waals surface area contributed by atoms with E-state index in [0.717, 1.165) is 23.3 Å². The van der Waals surface area contributed by atoms with Gasteiger partial charge in [-0.25, -0.2) is 13.8 Å². The molecular formula is C19H13F2N3O3. The molecule has 0 unspecified atom stereocenters. The summed E-state index contributed by atoms with van der Waals surface area (Å²) in [6, 6.07) is 6.85. The fourth-order valence-electron chi connectivity index (χ4n) is 2.74. The molecular weight excluding hydrogens is 356 g/mol. The topological polar surface area (TPSA) is 73.3 Å². The van der Waals surface area contributed by atoms with Crippen LogP contribution in [-0.2, 0) is 0 Å². The summed E-state index contributed by atoms with van der Waals surface area (Å²) in [4.78, 5) is 20.5. The third kappa shape index (κ3) is 3.17. The van der Waals surface area contributed by atoms with Gasteiger partial charge in [0.2, 0.25) is 6.79 Å². The highest BCUT2D eigenvalue weighted by Crippen LogP contribution is 2.37. The first-order valence-corrected chi connectivity index (χ1v) is 8.01. The molecule has 0 saturated carbocycles. The summed E-state index contributed by atoms with van der Waals surface area (Å²) in [6.07, 6.45) is 2.77. The van der Waals surface area contributed by atoms with Crippen LogP contribution in [-0.4, -0.2) is 22.7 Å². The maximum Gasteiger partial charge on any atom is 0.262 e. The number of nitrogens with one attached hydrogen (secondary N) is 1. The lowest BCUT2D eigenvalue weighted by Crippen LogP contribution is -2.16. The molecule has 1 aliphatic heterocycles. The van der Waals surface area contributed by atoms with Gasteiger partial charge in [-0.3, -0.25) is 9.78 Å². The Morgan fingerprint density at radius 3 is 2.44 bits per heavy atom. The number of rotatable bonds is 3. The summed E-state index contributed by atoms with van der Waals surface area (Å²) in [7, 11) is 0. The van der Waals surface area contributed by atoms with Crippen molar-refractivity contribution in [1.82, 2.24) is 9.97 Å². The molecule has 1 amide bonds. The number of fused-ring (bicyclic) bond motifs is 1. The predicted molar refractivity (Wildman–Crippen MR) is 92.6 cm³/mol. The second-order valence-electron chi connectivity index (χ2n) is 5.86. The van der Waals surface area contributed by atoms with Crippen molar-refractivity contribution in [1.29, 1.82) is 0 Å². The molecule has 8 heteroatoms. The molecule has 0 saturated heterocycles.